The van der Waals surface area contributed by atoms with Gasteiger partial charge in [-0.25, -0.2) is 0 Å². The molecule has 0 radical (unpaired) electrons. The van der Waals surface area contributed by atoms with Gasteiger partial charge in [0.25, 0.3) is 5.91 Å². The normalized spacial score (nSPS) is 17.8. The minimum atomic E-state index is -0.811. The first-order valence-electron chi connectivity index (χ1n) is 8.71. The van der Waals surface area contributed by atoms with Crippen molar-refractivity contribution in [2.75, 3.05) is 13.2 Å². The molecule has 1 aliphatic heterocycles. The smallest absolute Gasteiger partial charge is 0.303 e. The second-order valence-electron chi connectivity index (χ2n) is 6.68. The zero-order chi connectivity index (χ0) is 17.5. The van der Waals surface area contributed by atoms with E-state index in [4.69, 9.17) is 9.84 Å². The summed E-state index contributed by atoms with van der Waals surface area (Å²) in [6, 6.07) is 7.83. The zero-order valence-electron chi connectivity index (χ0n) is 14.5. The highest BCUT2D eigenvalue weighted by molar-refractivity contribution is 5.78. The molecule has 5 heteroatoms. The molecule has 1 aromatic carbocycles. The Morgan fingerprint density at radius 1 is 1.25 bits per heavy atom. The minimum absolute atomic E-state index is 0.00456. The highest BCUT2D eigenvalue weighted by Gasteiger charge is 2.27. The Labute approximate surface area is 143 Å². The zero-order valence-corrected chi connectivity index (χ0v) is 14.5. The van der Waals surface area contributed by atoms with Crippen LogP contribution >= 0.6 is 0 Å². The van der Waals surface area contributed by atoms with Crippen molar-refractivity contribution in [3.8, 4) is 5.75 Å². The molecule has 0 spiro atoms. The standard InChI is InChI=1S/C19H27NO4/c1-14(2)15-6-9-17(10-7-15)24-13-18(21)20-12-4-3-5-16(20)8-11-19(22)23/h6-7,9-10,14,16H,3-5,8,11-13H2,1-2H3,(H,22,23). The van der Waals surface area contributed by atoms with Crippen LogP contribution in [0.25, 0.3) is 0 Å². The number of carboxylic acids is 1. The van der Waals surface area contributed by atoms with E-state index in [0.29, 0.717) is 24.6 Å². The van der Waals surface area contributed by atoms with Crippen LogP contribution in [0.1, 0.15) is 57.4 Å². The number of benzene rings is 1. The number of hydrogen-bond acceptors (Lipinski definition) is 3. The van der Waals surface area contributed by atoms with E-state index in [2.05, 4.69) is 13.8 Å². The van der Waals surface area contributed by atoms with Gasteiger partial charge in [0.05, 0.1) is 0 Å². The number of hydrogen-bond donors (Lipinski definition) is 1. The second-order valence-corrected chi connectivity index (χ2v) is 6.68. The lowest BCUT2D eigenvalue weighted by Crippen LogP contribution is -2.46. The molecule has 1 heterocycles. The van der Waals surface area contributed by atoms with E-state index in [-0.39, 0.29) is 25.0 Å². The van der Waals surface area contributed by atoms with Crippen LogP contribution in [0, 0.1) is 0 Å². The second kappa shape index (κ2) is 8.71. The number of carboxylic acid groups (broad SMARTS) is 1. The van der Waals surface area contributed by atoms with E-state index >= 15 is 0 Å². The van der Waals surface area contributed by atoms with Gasteiger partial charge in [0.15, 0.2) is 6.61 Å². The van der Waals surface area contributed by atoms with Gasteiger partial charge in [0, 0.05) is 19.0 Å². The summed E-state index contributed by atoms with van der Waals surface area (Å²) in [6.45, 7) is 4.96. The summed E-state index contributed by atoms with van der Waals surface area (Å²) in [5.74, 6) is 0.281. The maximum absolute atomic E-state index is 12.5. The van der Waals surface area contributed by atoms with Crippen molar-refractivity contribution in [3.63, 3.8) is 0 Å². The fourth-order valence-corrected chi connectivity index (χ4v) is 3.10. The summed E-state index contributed by atoms with van der Waals surface area (Å²) in [5, 5.41) is 8.85. The van der Waals surface area contributed by atoms with Crippen molar-refractivity contribution in [3.05, 3.63) is 29.8 Å². The SMILES string of the molecule is CC(C)c1ccc(OCC(=O)N2CCCCC2CCC(=O)O)cc1. The molecule has 1 saturated heterocycles. The lowest BCUT2D eigenvalue weighted by atomic mass is 9.98. The molecule has 24 heavy (non-hydrogen) atoms. The van der Waals surface area contributed by atoms with Gasteiger partial charge in [-0.1, -0.05) is 26.0 Å². The van der Waals surface area contributed by atoms with Gasteiger partial charge in [-0.15, -0.1) is 0 Å². The highest BCUT2D eigenvalue weighted by Crippen LogP contribution is 2.22. The van der Waals surface area contributed by atoms with Gasteiger partial charge >= 0.3 is 5.97 Å². The third-order valence-electron chi connectivity index (χ3n) is 4.55. The first-order valence-corrected chi connectivity index (χ1v) is 8.71. The Morgan fingerprint density at radius 3 is 2.58 bits per heavy atom. The summed E-state index contributed by atoms with van der Waals surface area (Å²) < 4.78 is 5.62. The molecule has 2 rings (SSSR count). The van der Waals surface area contributed by atoms with E-state index in [0.717, 1.165) is 19.3 Å². The van der Waals surface area contributed by atoms with Crippen molar-refractivity contribution < 1.29 is 19.4 Å². The molecule has 0 aliphatic carbocycles. The van der Waals surface area contributed by atoms with Gasteiger partial charge in [0.2, 0.25) is 0 Å². The lowest BCUT2D eigenvalue weighted by molar-refractivity contribution is -0.141. The van der Waals surface area contributed by atoms with Crippen LogP contribution in [-0.2, 0) is 9.59 Å². The first-order chi connectivity index (χ1) is 11.5. The molecular weight excluding hydrogens is 306 g/mol. The summed E-state index contributed by atoms with van der Waals surface area (Å²) in [6.07, 6.45) is 3.52. The predicted octanol–water partition coefficient (Wildman–Crippen LogP) is 3.43. The molecule has 1 atom stereocenters. The minimum Gasteiger partial charge on any atom is -0.484 e. The van der Waals surface area contributed by atoms with Gasteiger partial charge < -0.3 is 14.7 Å². The number of rotatable bonds is 7. The molecule has 1 fully saturated rings. The third kappa shape index (κ3) is 5.25. The summed E-state index contributed by atoms with van der Waals surface area (Å²) in [4.78, 5) is 25.0. The fraction of sp³-hybridized carbons (Fsp3) is 0.579. The summed E-state index contributed by atoms with van der Waals surface area (Å²) >= 11 is 0. The van der Waals surface area contributed by atoms with Crippen molar-refractivity contribution in [2.24, 2.45) is 0 Å². The average Bonchev–Trinajstić information content (AvgIpc) is 2.58. The molecule has 1 N–H and O–H groups in total. The molecular formula is C19H27NO4. The molecule has 1 aromatic rings. The summed E-state index contributed by atoms with van der Waals surface area (Å²) in [5.41, 5.74) is 1.23. The number of ether oxygens (including phenoxy) is 1. The van der Waals surface area contributed by atoms with E-state index in [1.54, 1.807) is 4.90 Å². The van der Waals surface area contributed by atoms with Gasteiger partial charge in [-0.05, 0) is 49.3 Å². The monoisotopic (exact) mass is 333 g/mol. The van der Waals surface area contributed by atoms with Crippen LogP contribution < -0.4 is 4.74 Å². The van der Waals surface area contributed by atoms with Crippen molar-refractivity contribution in [1.82, 2.24) is 4.90 Å². The van der Waals surface area contributed by atoms with Crippen LogP contribution in [0.4, 0.5) is 0 Å². The fourth-order valence-electron chi connectivity index (χ4n) is 3.10. The Morgan fingerprint density at radius 2 is 1.96 bits per heavy atom. The van der Waals surface area contributed by atoms with Crippen molar-refractivity contribution >= 4 is 11.9 Å². The number of amides is 1. The lowest BCUT2D eigenvalue weighted by Gasteiger charge is -2.35. The molecule has 132 valence electrons. The molecule has 1 amide bonds. The Bertz CT molecular complexity index is 553. The van der Waals surface area contributed by atoms with Crippen LogP contribution in [0.15, 0.2) is 24.3 Å². The van der Waals surface area contributed by atoms with E-state index in [1.807, 2.05) is 24.3 Å². The predicted molar refractivity (Wildman–Crippen MR) is 92.2 cm³/mol. The first kappa shape index (κ1) is 18.3. The number of piperidine rings is 1. The van der Waals surface area contributed by atoms with Crippen LogP contribution in [0.3, 0.4) is 0 Å². The largest absolute Gasteiger partial charge is 0.484 e. The molecule has 5 nitrogen and oxygen atoms in total. The van der Waals surface area contributed by atoms with E-state index < -0.39 is 5.97 Å². The Hall–Kier alpha value is -2.04. The quantitative estimate of drug-likeness (QED) is 0.830. The molecule has 0 bridgehead atoms. The van der Waals surface area contributed by atoms with Crippen LogP contribution in [-0.4, -0.2) is 41.1 Å². The average molecular weight is 333 g/mol. The van der Waals surface area contributed by atoms with Gasteiger partial charge in [-0.3, -0.25) is 9.59 Å². The topological polar surface area (TPSA) is 66.8 Å². The van der Waals surface area contributed by atoms with Gasteiger partial charge in [-0.2, -0.15) is 0 Å². The number of aliphatic carboxylic acids is 1. The maximum Gasteiger partial charge on any atom is 0.303 e. The highest BCUT2D eigenvalue weighted by atomic mass is 16.5. The van der Waals surface area contributed by atoms with Crippen LogP contribution in [0.2, 0.25) is 0 Å². The number of carbonyl (C=O) groups is 2. The molecule has 1 unspecified atom stereocenters. The molecule has 1 aliphatic rings. The van der Waals surface area contributed by atoms with Crippen LogP contribution in [0.5, 0.6) is 5.75 Å². The van der Waals surface area contributed by atoms with Crippen molar-refractivity contribution in [2.45, 2.75) is 57.9 Å². The number of likely N-dealkylation sites (tertiary alicyclic amines) is 1. The third-order valence-corrected chi connectivity index (χ3v) is 4.55. The van der Waals surface area contributed by atoms with Gasteiger partial charge in [0.1, 0.15) is 5.75 Å². The maximum atomic E-state index is 12.5. The Balaban J connectivity index is 1.88. The molecule has 0 aromatic heterocycles. The summed E-state index contributed by atoms with van der Waals surface area (Å²) in [7, 11) is 0. The Kier molecular flexibility index (Phi) is 6.64. The number of nitrogens with zero attached hydrogens (tertiary/aromatic N) is 1. The van der Waals surface area contributed by atoms with E-state index in [9.17, 15) is 9.59 Å². The molecule has 0 saturated carbocycles. The number of carbonyl (C=O) groups excluding carboxylic acids is 1. The van der Waals surface area contributed by atoms with E-state index in [1.165, 1.54) is 5.56 Å². The van der Waals surface area contributed by atoms with Crippen molar-refractivity contribution in [1.29, 1.82) is 0 Å².